The summed E-state index contributed by atoms with van der Waals surface area (Å²) in [4.78, 5) is 17.0. The molecule has 6 heteroatoms. The lowest BCUT2D eigenvalue weighted by Gasteiger charge is -2.02. The zero-order valence-electron chi connectivity index (χ0n) is 13.3. The summed E-state index contributed by atoms with van der Waals surface area (Å²) in [6, 6.07) is 14.4. The van der Waals surface area contributed by atoms with Crippen molar-refractivity contribution in [2.75, 3.05) is 7.11 Å². The van der Waals surface area contributed by atoms with Gasteiger partial charge in [-0.25, -0.2) is 4.68 Å². The van der Waals surface area contributed by atoms with Gasteiger partial charge in [-0.3, -0.25) is 14.9 Å². The average Bonchev–Trinajstić information content (AvgIpc) is 2.88. The Morgan fingerprint density at radius 2 is 1.88 bits per heavy atom. The van der Waals surface area contributed by atoms with Gasteiger partial charge in [0.2, 0.25) is 0 Å². The number of methoxy groups -OCH3 is 1. The summed E-state index contributed by atoms with van der Waals surface area (Å²) >= 11 is 5.89. The summed E-state index contributed by atoms with van der Waals surface area (Å²) in [5, 5.41) is 3.67. The maximum Gasteiger partial charge on any atom is 0.280 e. The van der Waals surface area contributed by atoms with Crippen LogP contribution in [0, 0.1) is 6.92 Å². The van der Waals surface area contributed by atoms with E-state index in [0.29, 0.717) is 27.7 Å². The van der Waals surface area contributed by atoms with Crippen LogP contribution < -0.4 is 10.3 Å². The van der Waals surface area contributed by atoms with E-state index in [9.17, 15) is 4.79 Å². The minimum atomic E-state index is -0.173. The van der Waals surface area contributed by atoms with Gasteiger partial charge in [0.1, 0.15) is 11.4 Å². The van der Waals surface area contributed by atoms with Crippen LogP contribution in [0.2, 0.25) is 5.02 Å². The largest absolute Gasteiger partial charge is 0.494 e. The van der Waals surface area contributed by atoms with Crippen molar-refractivity contribution < 1.29 is 4.74 Å². The number of aromatic amines is 1. The van der Waals surface area contributed by atoms with Crippen LogP contribution in [0.15, 0.2) is 58.3 Å². The normalized spacial score (nSPS) is 11.1. The third-order valence-electron chi connectivity index (χ3n) is 3.62. The maximum atomic E-state index is 12.6. The Morgan fingerprint density at radius 1 is 1.17 bits per heavy atom. The van der Waals surface area contributed by atoms with Gasteiger partial charge in [0.15, 0.2) is 0 Å². The van der Waals surface area contributed by atoms with Crippen LogP contribution in [0.3, 0.4) is 0 Å². The molecule has 0 unspecified atom stereocenters. The van der Waals surface area contributed by atoms with E-state index < -0.39 is 0 Å². The number of hydrogen-bond acceptors (Lipinski definition) is 3. The van der Waals surface area contributed by atoms with Crippen LogP contribution in [0.1, 0.15) is 11.3 Å². The van der Waals surface area contributed by atoms with Crippen LogP contribution in [-0.4, -0.2) is 23.1 Å². The number of aliphatic imine (C=N–C) groups is 1. The molecule has 0 aliphatic heterocycles. The van der Waals surface area contributed by atoms with Gasteiger partial charge in [-0.15, -0.1) is 0 Å². The van der Waals surface area contributed by atoms with Gasteiger partial charge in [-0.05, 0) is 43.3 Å². The maximum absolute atomic E-state index is 12.6. The zero-order chi connectivity index (χ0) is 17.1. The van der Waals surface area contributed by atoms with Crippen molar-refractivity contribution in [3.63, 3.8) is 0 Å². The van der Waals surface area contributed by atoms with Gasteiger partial charge in [0.05, 0.1) is 18.4 Å². The Bertz CT molecular complexity index is 940. The van der Waals surface area contributed by atoms with Crippen LogP contribution >= 0.6 is 11.6 Å². The van der Waals surface area contributed by atoms with E-state index in [1.54, 1.807) is 37.6 Å². The van der Waals surface area contributed by atoms with E-state index in [2.05, 4.69) is 10.1 Å². The molecule has 1 aromatic heterocycles. The third kappa shape index (κ3) is 3.12. The number of hydrogen-bond donors (Lipinski definition) is 1. The lowest BCUT2D eigenvalue weighted by atomic mass is 10.2. The molecule has 24 heavy (non-hydrogen) atoms. The Morgan fingerprint density at radius 3 is 2.58 bits per heavy atom. The van der Waals surface area contributed by atoms with Crippen LogP contribution in [0.4, 0.5) is 5.69 Å². The molecule has 3 aromatic rings. The van der Waals surface area contributed by atoms with E-state index in [1.807, 2.05) is 31.2 Å². The van der Waals surface area contributed by atoms with E-state index in [4.69, 9.17) is 16.3 Å². The molecule has 0 radical (unpaired) electrons. The van der Waals surface area contributed by atoms with Crippen molar-refractivity contribution in [1.29, 1.82) is 0 Å². The second kappa shape index (κ2) is 6.76. The van der Waals surface area contributed by atoms with Crippen LogP contribution in [-0.2, 0) is 0 Å². The first-order chi connectivity index (χ1) is 11.6. The zero-order valence-corrected chi connectivity index (χ0v) is 14.0. The highest BCUT2D eigenvalue weighted by atomic mass is 35.5. The fourth-order valence-electron chi connectivity index (χ4n) is 2.35. The fourth-order valence-corrected chi connectivity index (χ4v) is 2.48. The van der Waals surface area contributed by atoms with Crippen molar-refractivity contribution in [2.24, 2.45) is 4.99 Å². The first-order valence-electron chi connectivity index (χ1n) is 7.35. The minimum Gasteiger partial charge on any atom is -0.494 e. The summed E-state index contributed by atoms with van der Waals surface area (Å²) < 4.78 is 6.73. The first-order valence-corrected chi connectivity index (χ1v) is 7.72. The minimum absolute atomic E-state index is 0.173. The van der Waals surface area contributed by atoms with Crippen LogP contribution in [0.5, 0.6) is 5.75 Å². The molecule has 0 fully saturated rings. The number of aromatic nitrogens is 2. The number of aryl methyl sites for hydroxylation is 1. The molecule has 122 valence electrons. The molecule has 0 amide bonds. The number of H-pyrrole nitrogens is 1. The van der Waals surface area contributed by atoms with E-state index in [1.165, 1.54) is 4.68 Å². The summed E-state index contributed by atoms with van der Waals surface area (Å²) in [6.07, 6.45) is 1.55. The topological polar surface area (TPSA) is 59.4 Å². The molecule has 0 saturated heterocycles. The Labute approximate surface area is 144 Å². The standard InChI is InChI=1S/C18H16ClN3O2/c1-12-15(11-20-16-5-3-4-6-17(16)24-2)18(23)22(21-12)14-9-7-13(19)8-10-14/h3-11,21H,1-2H3. The van der Waals surface area contributed by atoms with E-state index in [-0.39, 0.29) is 5.56 Å². The van der Waals surface area contributed by atoms with Crippen LogP contribution in [0.25, 0.3) is 5.69 Å². The molecule has 1 N–H and O–H groups in total. The van der Waals surface area contributed by atoms with E-state index in [0.717, 1.165) is 5.69 Å². The van der Waals surface area contributed by atoms with Crippen molar-refractivity contribution >= 4 is 23.5 Å². The predicted octanol–water partition coefficient (Wildman–Crippen LogP) is 3.89. The summed E-state index contributed by atoms with van der Waals surface area (Å²) in [6.45, 7) is 1.83. The molecule has 2 aromatic carbocycles. The molecule has 0 aliphatic rings. The average molecular weight is 342 g/mol. The molecule has 0 spiro atoms. The number of para-hydroxylation sites is 2. The van der Waals surface area contributed by atoms with Gasteiger partial charge in [0, 0.05) is 16.9 Å². The molecule has 1 heterocycles. The molecule has 0 bridgehead atoms. The highest BCUT2D eigenvalue weighted by Gasteiger charge is 2.11. The SMILES string of the molecule is COc1ccccc1N=Cc1c(C)[nH]n(-c2ccc(Cl)cc2)c1=O. The smallest absolute Gasteiger partial charge is 0.280 e. The number of nitrogens with one attached hydrogen (secondary N) is 1. The van der Waals surface area contributed by atoms with Crippen molar-refractivity contribution in [3.8, 4) is 11.4 Å². The van der Waals surface area contributed by atoms with Gasteiger partial charge in [0.25, 0.3) is 5.56 Å². The number of rotatable bonds is 4. The summed E-state index contributed by atoms with van der Waals surface area (Å²) in [5.41, 5.74) is 2.43. The van der Waals surface area contributed by atoms with Crippen molar-refractivity contribution in [2.45, 2.75) is 6.92 Å². The number of halogens is 1. The quantitative estimate of drug-likeness (QED) is 0.732. The van der Waals surface area contributed by atoms with Crippen molar-refractivity contribution in [1.82, 2.24) is 9.78 Å². The van der Waals surface area contributed by atoms with Gasteiger partial charge in [-0.2, -0.15) is 0 Å². The second-order valence-corrected chi connectivity index (χ2v) is 5.63. The third-order valence-corrected chi connectivity index (χ3v) is 3.87. The van der Waals surface area contributed by atoms with Crippen molar-refractivity contribution in [3.05, 3.63) is 75.2 Å². The van der Waals surface area contributed by atoms with Gasteiger partial charge < -0.3 is 4.74 Å². The highest BCUT2D eigenvalue weighted by molar-refractivity contribution is 6.30. The summed E-state index contributed by atoms with van der Waals surface area (Å²) in [7, 11) is 1.59. The van der Waals surface area contributed by atoms with Gasteiger partial charge >= 0.3 is 0 Å². The number of nitrogens with zero attached hydrogens (tertiary/aromatic N) is 2. The molecule has 3 rings (SSSR count). The Kier molecular flexibility index (Phi) is 4.53. The lowest BCUT2D eigenvalue weighted by Crippen LogP contribution is -2.17. The first kappa shape index (κ1) is 16.1. The number of ether oxygens (including phenoxy) is 1. The van der Waals surface area contributed by atoms with Gasteiger partial charge in [-0.1, -0.05) is 23.7 Å². The van der Waals surface area contributed by atoms with E-state index >= 15 is 0 Å². The molecular weight excluding hydrogens is 326 g/mol. The summed E-state index contributed by atoms with van der Waals surface area (Å²) in [5.74, 6) is 0.653. The number of benzene rings is 2. The molecule has 0 saturated carbocycles. The predicted molar refractivity (Wildman–Crippen MR) is 96.4 cm³/mol. The molecule has 0 aliphatic carbocycles. The molecular formula is C18H16ClN3O2. The highest BCUT2D eigenvalue weighted by Crippen LogP contribution is 2.26. The Hall–Kier alpha value is -2.79. The lowest BCUT2D eigenvalue weighted by molar-refractivity contribution is 0.416. The monoisotopic (exact) mass is 341 g/mol. The second-order valence-electron chi connectivity index (χ2n) is 5.20. The molecule has 5 nitrogen and oxygen atoms in total. The fraction of sp³-hybridized carbons (Fsp3) is 0.111. The Balaban J connectivity index is 1.99. The molecule has 0 atom stereocenters.